The molecule has 1 aromatic heterocycles. The van der Waals surface area contributed by atoms with Gasteiger partial charge in [-0.15, -0.1) is 0 Å². The molecule has 0 amide bonds. The summed E-state index contributed by atoms with van der Waals surface area (Å²) < 4.78 is 2.39. The lowest BCUT2D eigenvalue weighted by Crippen LogP contribution is -2.21. The summed E-state index contributed by atoms with van der Waals surface area (Å²) in [5, 5.41) is 4.92. The molecule has 1 heterocycles. The smallest absolute Gasteiger partial charge is 0.0541 e. The third-order valence-corrected chi connectivity index (χ3v) is 14.6. The van der Waals surface area contributed by atoms with Crippen molar-refractivity contribution >= 4 is 49.6 Å². The Morgan fingerprint density at radius 2 is 0.812 bits per heavy atom. The highest BCUT2D eigenvalue weighted by Crippen LogP contribution is 2.56. The van der Waals surface area contributed by atoms with Gasteiger partial charge in [-0.3, -0.25) is 0 Å². The third kappa shape index (κ3) is 6.48. The quantitative estimate of drug-likeness (QED) is 0.148. The van der Waals surface area contributed by atoms with Crippen LogP contribution in [0.3, 0.4) is 0 Å². The number of hydrogen-bond acceptors (Lipinski definition) is 1. The molecule has 0 bridgehead atoms. The van der Waals surface area contributed by atoms with Crippen LogP contribution in [0.2, 0.25) is 0 Å². The van der Waals surface area contributed by atoms with Gasteiger partial charge in [0, 0.05) is 33.0 Å². The second kappa shape index (κ2) is 16.3. The first-order valence-corrected chi connectivity index (χ1v) is 24.0. The number of fused-ring (bicyclic) bond motifs is 7. The molecule has 326 valence electrons. The van der Waals surface area contributed by atoms with Gasteiger partial charge in [-0.2, -0.15) is 0 Å². The predicted octanol–water partition coefficient (Wildman–Crippen LogP) is 18.4. The molecule has 2 heteroatoms. The van der Waals surface area contributed by atoms with Crippen LogP contribution in [0.15, 0.2) is 255 Å². The Hall–Kier alpha value is -8.72. The van der Waals surface area contributed by atoms with E-state index in [0.717, 1.165) is 17.1 Å². The highest BCUT2D eigenvalue weighted by molar-refractivity contribution is 6.13. The lowest BCUT2D eigenvalue weighted by molar-refractivity contribution is 0.661. The standard InChI is InChI=1S/C67H48N2/c1-67(2)60-35-17-13-30-54(60)58-34-21-39-65(66(58)67)69(62-37-19-14-31-55(62)51-28-10-9-26-48(51)45-22-5-3-6-23-45)63-38-20-15-32-56(63)53-42-41-49(50-27-11-12-29-52(50)53)46-40-43-64-59(44-46)57-33-16-18-36-61(57)68(64)47-24-7-4-8-25-47/h3-44H,1-2H3. The van der Waals surface area contributed by atoms with Gasteiger partial charge in [-0.1, -0.05) is 220 Å². The van der Waals surface area contributed by atoms with Crippen molar-refractivity contribution in [2.75, 3.05) is 4.90 Å². The van der Waals surface area contributed by atoms with E-state index in [1.807, 2.05) is 0 Å². The van der Waals surface area contributed by atoms with Gasteiger partial charge in [0.1, 0.15) is 0 Å². The first-order valence-electron chi connectivity index (χ1n) is 24.0. The number of aromatic nitrogens is 1. The monoisotopic (exact) mass is 880 g/mol. The molecule has 0 aliphatic heterocycles. The van der Waals surface area contributed by atoms with Crippen LogP contribution >= 0.6 is 0 Å². The van der Waals surface area contributed by atoms with E-state index >= 15 is 0 Å². The van der Waals surface area contributed by atoms with Gasteiger partial charge in [0.25, 0.3) is 0 Å². The van der Waals surface area contributed by atoms with Gasteiger partial charge in [0.15, 0.2) is 0 Å². The maximum Gasteiger partial charge on any atom is 0.0541 e. The molecule has 0 unspecified atom stereocenters. The highest BCUT2D eigenvalue weighted by Gasteiger charge is 2.39. The maximum atomic E-state index is 2.57. The molecular formula is C67H48N2. The van der Waals surface area contributed by atoms with Crippen LogP contribution < -0.4 is 4.90 Å². The van der Waals surface area contributed by atoms with Crippen molar-refractivity contribution in [3.8, 4) is 61.3 Å². The Morgan fingerprint density at radius 3 is 1.55 bits per heavy atom. The largest absolute Gasteiger partial charge is 0.309 e. The molecule has 0 saturated carbocycles. The van der Waals surface area contributed by atoms with Gasteiger partial charge < -0.3 is 9.47 Å². The SMILES string of the molecule is CC1(C)c2ccccc2-c2cccc(N(c3ccccc3-c3ccccc3-c3ccccc3)c3ccccc3-c3ccc(-c4ccc5c(c4)c4ccccc4n5-c4ccccc4)c4ccccc34)c21. The molecule has 0 spiro atoms. The molecule has 1 aliphatic rings. The molecule has 13 rings (SSSR count). The van der Waals surface area contributed by atoms with Crippen molar-refractivity contribution < 1.29 is 0 Å². The molecule has 0 fully saturated rings. The average molecular weight is 881 g/mol. The zero-order valence-corrected chi connectivity index (χ0v) is 38.6. The molecule has 12 aromatic rings. The minimum atomic E-state index is -0.255. The third-order valence-electron chi connectivity index (χ3n) is 14.6. The van der Waals surface area contributed by atoms with E-state index < -0.39 is 0 Å². The number of anilines is 3. The van der Waals surface area contributed by atoms with Crippen LogP contribution in [0.1, 0.15) is 25.0 Å². The summed E-state index contributed by atoms with van der Waals surface area (Å²) in [4.78, 5) is 2.57. The normalized spacial score (nSPS) is 12.6. The van der Waals surface area contributed by atoms with E-state index in [-0.39, 0.29) is 5.41 Å². The summed E-state index contributed by atoms with van der Waals surface area (Å²) in [6, 6.07) is 93.7. The summed E-state index contributed by atoms with van der Waals surface area (Å²) in [5.74, 6) is 0. The van der Waals surface area contributed by atoms with Crippen LogP contribution in [0.25, 0.3) is 93.9 Å². The molecule has 1 aliphatic carbocycles. The minimum Gasteiger partial charge on any atom is -0.309 e. The molecule has 11 aromatic carbocycles. The number of nitrogens with zero attached hydrogens (tertiary/aromatic N) is 2. The second-order valence-corrected chi connectivity index (χ2v) is 18.8. The number of para-hydroxylation sites is 4. The minimum absolute atomic E-state index is 0.255. The predicted molar refractivity (Wildman–Crippen MR) is 292 cm³/mol. The summed E-state index contributed by atoms with van der Waals surface area (Å²) in [6.45, 7) is 4.79. The molecule has 69 heavy (non-hydrogen) atoms. The van der Waals surface area contributed by atoms with Crippen molar-refractivity contribution in [1.29, 1.82) is 0 Å². The Bertz CT molecular complexity index is 3930. The van der Waals surface area contributed by atoms with E-state index in [1.165, 1.54) is 105 Å². The average Bonchev–Trinajstić information content (AvgIpc) is 3.87. The van der Waals surface area contributed by atoms with E-state index in [1.54, 1.807) is 0 Å². The first-order chi connectivity index (χ1) is 34.0. The topological polar surface area (TPSA) is 8.17 Å². The van der Waals surface area contributed by atoms with E-state index in [9.17, 15) is 0 Å². The van der Waals surface area contributed by atoms with E-state index in [2.05, 4.69) is 278 Å². The number of benzene rings is 11. The van der Waals surface area contributed by atoms with Crippen LogP contribution in [-0.4, -0.2) is 4.57 Å². The van der Waals surface area contributed by atoms with Gasteiger partial charge in [-0.05, 0) is 115 Å². The van der Waals surface area contributed by atoms with Gasteiger partial charge in [0.05, 0.1) is 28.1 Å². The van der Waals surface area contributed by atoms with Crippen LogP contribution in [0.4, 0.5) is 17.1 Å². The molecule has 2 nitrogen and oxygen atoms in total. The molecule has 0 N–H and O–H groups in total. The maximum absolute atomic E-state index is 2.57. The van der Waals surface area contributed by atoms with Crippen LogP contribution in [-0.2, 0) is 5.41 Å². The highest BCUT2D eigenvalue weighted by atomic mass is 15.2. The fraction of sp³-hybridized carbons (Fsp3) is 0.0448. The van der Waals surface area contributed by atoms with Crippen LogP contribution in [0, 0.1) is 0 Å². The Kier molecular flexibility index (Phi) is 9.55. The van der Waals surface area contributed by atoms with Gasteiger partial charge >= 0.3 is 0 Å². The summed E-state index contributed by atoms with van der Waals surface area (Å²) >= 11 is 0. The van der Waals surface area contributed by atoms with Crippen molar-refractivity contribution in [1.82, 2.24) is 4.57 Å². The molecule has 0 radical (unpaired) electrons. The summed E-state index contributed by atoms with van der Waals surface area (Å²) in [6.07, 6.45) is 0. The van der Waals surface area contributed by atoms with Crippen molar-refractivity contribution in [2.24, 2.45) is 0 Å². The van der Waals surface area contributed by atoms with E-state index in [4.69, 9.17) is 0 Å². The van der Waals surface area contributed by atoms with Crippen molar-refractivity contribution in [3.63, 3.8) is 0 Å². The van der Waals surface area contributed by atoms with Gasteiger partial charge in [-0.25, -0.2) is 0 Å². The number of hydrogen-bond donors (Lipinski definition) is 0. The van der Waals surface area contributed by atoms with Gasteiger partial charge in [0.2, 0.25) is 0 Å². The molecule has 0 atom stereocenters. The zero-order chi connectivity index (χ0) is 46.1. The first kappa shape index (κ1) is 40.5. The Morgan fingerprint density at radius 1 is 0.304 bits per heavy atom. The molecule has 0 saturated heterocycles. The van der Waals surface area contributed by atoms with Crippen LogP contribution in [0.5, 0.6) is 0 Å². The van der Waals surface area contributed by atoms with Crippen molar-refractivity contribution in [2.45, 2.75) is 19.3 Å². The lowest BCUT2D eigenvalue weighted by Gasteiger charge is -2.34. The summed E-state index contributed by atoms with van der Waals surface area (Å²) in [5.41, 5.74) is 21.5. The van der Waals surface area contributed by atoms with E-state index in [0.29, 0.717) is 0 Å². The Balaban J connectivity index is 1.03. The lowest BCUT2D eigenvalue weighted by atomic mass is 9.81. The molecular weight excluding hydrogens is 833 g/mol. The second-order valence-electron chi connectivity index (χ2n) is 18.8. The number of rotatable bonds is 8. The zero-order valence-electron chi connectivity index (χ0n) is 38.6. The Labute approximate surface area is 403 Å². The fourth-order valence-corrected chi connectivity index (χ4v) is 11.6. The summed E-state index contributed by atoms with van der Waals surface area (Å²) in [7, 11) is 0. The fourth-order valence-electron chi connectivity index (χ4n) is 11.6. The van der Waals surface area contributed by atoms with Crippen molar-refractivity contribution in [3.05, 3.63) is 266 Å².